The third-order valence-corrected chi connectivity index (χ3v) is 4.52. The van der Waals surface area contributed by atoms with Crippen LogP contribution in [0.2, 0.25) is 5.02 Å². The lowest BCUT2D eigenvalue weighted by Gasteiger charge is -2.14. The van der Waals surface area contributed by atoms with Gasteiger partial charge in [-0.15, -0.1) is 0 Å². The molecule has 0 saturated carbocycles. The molecule has 4 nitrogen and oxygen atoms in total. The highest BCUT2D eigenvalue weighted by molar-refractivity contribution is 6.31. The molecule has 0 aliphatic carbocycles. The third-order valence-electron chi connectivity index (χ3n) is 4.18. The minimum absolute atomic E-state index is 0.0985. The van der Waals surface area contributed by atoms with Gasteiger partial charge in [-0.2, -0.15) is 0 Å². The van der Waals surface area contributed by atoms with E-state index in [0.717, 1.165) is 27.9 Å². The molecule has 0 fully saturated rings. The molecule has 0 aliphatic heterocycles. The number of phenols is 1. The summed E-state index contributed by atoms with van der Waals surface area (Å²) in [4.78, 5) is 11.2. The van der Waals surface area contributed by atoms with Crippen molar-refractivity contribution in [2.45, 2.75) is 60.8 Å². The largest absolute Gasteiger partial charge is 0.508 e. The minimum Gasteiger partial charge on any atom is -0.508 e. The van der Waals surface area contributed by atoms with Gasteiger partial charge in [0.2, 0.25) is 0 Å². The maximum atomic E-state index is 11.2. The standard InChI is InChI=1S/C20H24ClNO3.2C2H6/c1-12(2)16-8-14(5-6-19(16)23)9-17-13(3)7-15(10-18(17)21)22-11-20(24)25-4;2*1-2/h5-8,10,12,22-23H,9,11H2,1-4H3;2*1-2H3. The van der Waals surface area contributed by atoms with Crippen molar-refractivity contribution in [3.8, 4) is 5.75 Å². The lowest BCUT2D eigenvalue weighted by molar-refractivity contribution is -0.138. The van der Waals surface area contributed by atoms with Crippen LogP contribution >= 0.6 is 11.6 Å². The van der Waals surface area contributed by atoms with Crippen LogP contribution in [0.25, 0.3) is 0 Å². The van der Waals surface area contributed by atoms with Crippen LogP contribution in [0.1, 0.15) is 69.7 Å². The van der Waals surface area contributed by atoms with Crippen molar-refractivity contribution in [1.29, 1.82) is 0 Å². The van der Waals surface area contributed by atoms with Crippen LogP contribution in [-0.2, 0) is 16.0 Å². The molecule has 29 heavy (non-hydrogen) atoms. The summed E-state index contributed by atoms with van der Waals surface area (Å²) in [5.74, 6) is 0.244. The second kappa shape index (κ2) is 13.9. The number of carbonyl (C=O) groups is 1. The SMILES string of the molecule is CC.CC.COC(=O)CNc1cc(C)c(Cc2ccc(O)c(C(C)C)c2)c(Cl)c1. The van der Waals surface area contributed by atoms with Crippen LogP contribution in [-0.4, -0.2) is 24.7 Å². The number of hydrogen-bond donors (Lipinski definition) is 2. The number of anilines is 1. The summed E-state index contributed by atoms with van der Waals surface area (Å²) in [6.45, 7) is 14.2. The van der Waals surface area contributed by atoms with Gasteiger partial charge in [0.15, 0.2) is 0 Å². The van der Waals surface area contributed by atoms with Gasteiger partial charge in [0, 0.05) is 10.7 Å². The number of halogens is 1. The van der Waals surface area contributed by atoms with E-state index in [1.165, 1.54) is 7.11 Å². The van der Waals surface area contributed by atoms with Gasteiger partial charge in [-0.25, -0.2) is 0 Å². The van der Waals surface area contributed by atoms with E-state index in [2.05, 4.69) is 23.9 Å². The highest BCUT2D eigenvalue weighted by Crippen LogP contribution is 2.30. The molecule has 2 aromatic carbocycles. The number of rotatable bonds is 6. The van der Waals surface area contributed by atoms with Gasteiger partial charge in [0.1, 0.15) is 12.3 Å². The fraction of sp³-hybridized carbons (Fsp3) is 0.458. The highest BCUT2D eigenvalue weighted by Gasteiger charge is 2.12. The Kier molecular flexibility index (Phi) is 12.8. The Bertz CT molecular complexity index is 750. The third kappa shape index (κ3) is 8.36. The molecule has 0 spiro atoms. The van der Waals surface area contributed by atoms with Gasteiger partial charge < -0.3 is 15.2 Å². The quantitative estimate of drug-likeness (QED) is 0.509. The number of aromatic hydroxyl groups is 1. The molecule has 0 unspecified atom stereocenters. The lowest BCUT2D eigenvalue weighted by Crippen LogP contribution is -2.15. The highest BCUT2D eigenvalue weighted by atomic mass is 35.5. The molecule has 0 bridgehead atoms. The van der Waals surface area contributed by atoms with Crippen LogP contribution in [0, 0.1) is 6.92 Å². The Morgan fingerprint density at radius 3 is 2.28 bits per heavy atom. The van der Waals surface area contributed by atoms with Gasteiger partial charge >= 0.3 is 5.97 Å². The van der Waals surface area contributed by atoms with Crippen LogP contribution in [0.15, 0.2) is 30.3 Å². The fourth-order valence-electron chi connectivity index (χ4n) is 2.73. The summed E-state index contributed by atoms with van der Waals surface area (Å²) in [5, 5.41) is 13.6. The summed E-state index contributed by atoms with van der Waals surface area (Å²) < 4.78 is 4.62. The van der Waals surface area contributed by atoms with Crippen molar-refractivity contribution in [3.05, 3.63) is 57.6 Å². The molecule has 5 heteroatoms. The summed E-state index contributed by atoms with van der Waals surface area (Å²) in [6.07, 6.45) is 0.682. The summed E-state index contributed by atoms with van der Waals surface area (Å²) >= 11 is 6.46. The zero-order valence-corrected chi connectivity index (χ0v) is 19.8. The molecule has 0 atom stereocenters. The first kappa shape index (κ1) is 26.8. The van der Waals surface area contributed by atoms with Crippen LogP contribution in [0.3, 0.4) is 0 Å². The normalized spacial score (nSPS) is 9.72. The van der Waals surface area contributed by atoms with Crippen LogP contribution in [0.4, 0.5) is 5.69 Å². The van der Waals surface area contributed by atoms with E-state index < -0.39 is 0 Å². The minimum atomic E-state index is -0.330. The summed E-state index contributed by atoms with van der Waals surface area (Å²) in [7, 11) is 1.36. The summed E-state index contributed by atoms with van der Waals surface area (Å²) in [5.41, 5.74) is 4.89. The van der Waals surface area contributed by atoms with Gasteiger partial charge in [0.05, 0.1) is 7.11 Å². The molecule has 0 heterocycles. The molecule has 2 aromatic rings. The molecule has 0 aromatic heterocycles. The Morgan fingerprint density at radius 2 is 1.76 bits per heavy atom. The average Bonchev–Trinajstić information content (AvgIpc) is 2.72. The van der Waals surface area contributed by atoms with Crippen molar-refractivity contribution in [3.63, 3.8) is 0 Å². The van der Waals surface area contributed by atoms with E-state index in [9.17, 15) is 9.90 Å². The number of aryl methyl sites for hydroxylation is 1. The topological polar surface area (TPSA) is 58.6 Å². The Hall–Kier alpha value is -2.20. The Morgan fingerprint density at radius 1 is 1.14 bits per heavy atom. The van der Waals surface area contributed by atoms with E-state index in [1.54, 1.807) is 6.07 Å². The van der Waals surface area contributed by atoms with E-state index >= 15 is 0 Å². The molecule has 0 saturated heterocycles. The number of hydrogen-bond acceptors (Lipinski definition) is 4. The van der Waals surface area contributed by atoms with Gasteiger partial charge in [0.25, 0.3) is 0 Å². The molecule has 0 radical (unpaired) electrons. The number of esters is 1. The van der Waals surface area contributed by atoms with Crippen molar-refractivity contribution >= 4 is 23.3 Å². The number of carbonyl (C=O) groups excluding carboxylic acids is 1. The van der Waals surface area contributed by atoms with Crippen LogP contribution < -0.4 is 5.32 Å². The predicted molar refractivity (Wildman–Crippen MR) is 124 cm³/mol. The maximum absolute atomic E-state index is 11.2. The van der Waals surface area contributed by atoms with Crippen molar-refractivity contribution in [2.24, 2.45) is 0 Å². The molecular formula is C24H36ClNO3. The average molecular weight is 422 g/mol. The van der Waals surface area contributed by atoms with Gasteiger partial charge in [-0.05, 0) is 59.7 Å². The first-order valence-electron chi connectivity index (χ1n) is 10.2. The van der Waals surface area contributed by atoms with Crippen molar-refractivity contribution in [1.82, 2.24) is 0 Å². The first-order valence-corrected chi connectivity index (χ1v) is 10.6. The van der Waals surface area contributed by atoms with Crippen molar-refractivity contribution in [2.75, 3.05) is 19.0 Å². The predicted octanol–water partition coefficient (Wildman–Crippen LogP) is 6.71. The zero-order valence-electron chi connectivity index (χ0n) is 19.0. The number of phenolic OH excluding ortho intramolecular Hbond substituents is 1. The monoisotopic (exact) mass is 421 g/mol. The number of nitrogens with one attached hydrogen (secondary N) is 1. The molecule has 2 N–H and O–H groups in total. The molecule has 162 valence electrons. The van der Waals surface area contributed by atoms with Crippen molar-refractivity contribution < 1.29 is 14.6 Å². The second-order valence-corrected chi connectivity index (χ2v) is 6.82. The molecule has 0 amide bonds. The zero-order chi connectivity index (χ0) is 22.6. The molecule has 2 rings (SSSR count). The smallest absolute Gasteiger partial charge is 0.325 e. The fourth-order valence-corrected chi connectivity index (χ4v) is 3.06. The number of ether oxygens (including phenoxy) is 1. The van der Waals surface area contributed by atoms with E-state index in [1.807, 2.05) is 58.9 Å². The van der Waals surface area contributed by atoms with Crippen LogP contribution in [0.5, 0.6) is 5.75 Å². The van der Waals surface area contributed by atoms with E-state index in [0.29, 0.717) is 17.2 Å². The van der Waals surface area contributed by atoms with E-state index in [-0.39, 0.29) is 18.4 Å². The summed E-state index contributed by atoms with van der Waals surface area (Å²) in [6, 6.07) is 9.46. The van der Waals surface area contributed by atoms with Gasteiger partial charge in [-0.1, -0.05) is 65.3 Å². The second-order valence-electron chi connectivity index (χ2n) is 6.41. The number of methoxy groups -OCH3 is 1. The lowest BCUT2D eigenvalue weighted by atomic mass is 9.95. The molecular weight excluding hydrogens is 386 g/mol. The molecule has 0 aliphatic rings. The Labute approximate surface area is 181 Å². The first-order chi connectivity index (χ1) is 13.8. The van der Waals surface area contributed by atoms with Gasteiger partial charge in [-0.3, -0.25) is 4.79 Å². The Balaban J connectivity index is 0.00000184. The maximum Gasteiger partial charge on any atom is 0.325 e. The van der Waals surface area contributed by atoms with E-state index in [4.69, 9.17) is 11.6 Å². The number of benzene rings is 2.